The van der Waals surface area contributed by atoms with E-state index in [-0.39, 0.29) is 11.6 Å². The van der Waals surface area contributed by atoms with Crippen molar-refractivity contribution in [3.05, 3.63) is 63.9 Å². The number of nitrogens with one attached hydrogen (secondary N) is 1. The van der Waals surface area contributed by atoms with Crippen LogP contribution in [-0.4, -0.2) is 36.6 Å². The Morgan fingerprint density at radius 2 is 1.86 bits per heavy atom. The van der Waals surface area contributed by atoms with Crippen LogP contribution in [0.5, 0.6) is 0 Å². The van der Waals surface area contributed by atoms with Crippen LogP contribution in [-0.2, 0) is 6.54 Å². The number of anilines is 1. The fraction of sp³-hybridized carbons (Fsp3) is 0.346. The molecule has 3 N–H and O–H groups in total. The van der Waals surface area contributed by atoms with E-state index in [1.54, 1.807) is 23.2 Å². The van der Waals surface area contributed by atoms with Crippen LogP contribution in [0.1, 0.15) is 38.3 Å². The van der Waals surface area contributed by atoms with E-state index in [2.05, 4.69) is 20.3 Å². The minimum absolute atomic E-state index is 0.140. The predicted molar refractivity (Wildman–Crippen MR) is 140 cm³/mol. The van der Waals surface area contributed by atoms with Gasteiger partial charge in [-0.05, 0) is 51.7 Å². The van der Waals surface area contributed by atoms with Gasteiger partial charge in [-0.3, -0.25) is 19.3 Å². The van der Waals surface area contributed by atoms with Crippen LogP contribution in [0.25, 0.3) is 33.4 Å². The van der Waals surface area contributed by atoms with Crippen LogP contribution in [0.3, 0.4) is 0 Å². The first kappa shape index (κ1) is 23.4. The summed E-state index contributed by atoms with van der Waals surface area (Å²) in [5.41, 5.74) is 10.1. The van der Waals surface area contributed by atoms with Gasteiger partial charge >= 0.3 is 0 Å². The zero-order valence-corrected chi connectivity index (χ0v) is 20.6. The molecule has 0 spiro atoms. The topological polar surface area (TPSA) is 112 Å². The summed E-state index contributed by atoms with van der Waals surface area (Å²) in [5, 5.41) is 4.67. The van der Waals surface area contributed by atoms with Crippen molar-refractivity contribution in [2.24, 2.45) is 5.73 Å². The zero-order chi connectivity index (χ0) is 24.5. The van der Waals surface area contributed by atoms with E-state index < -0.39 is 0 Å². The molecule has 3 heterocycles. The molecule has 1 aliphatic rings. The fourth-order valence-electron chi connectivity index (χ4n) is 4.73. The van der Waals surface area contributed by atoms with Crippen molar-refractivity contribution in [1.82, 2.24) is 24.5 Å². The summed E-state index contributed by atoms with van der Waals surface area (Å²) in [6, 6.07) is 7.99. The van der Waals surface area contributed by atoms with Gasteiger partial charge < -0.3 is 11.1 Å². The summed E-state index contributed by atoms with van der Waals surface area (Å²) in [6.45, 7) is 4.32. The second-order valence-corrected chi connectivity index (χ2v) is 9.43. The first-order valence-corrected chi connectivity index (χ1v) is 12.3. The van der Waals surface area contributed by atoms with Crippen molar-refractivity contribution in [2.45, 2.75) is 58.2 Å². The molecule has 35 heavy (non-hydrogen) atoms. The number of hydrogen-bond acceptors (Lipinski definition) is 7. The number of aromatic nitrogens is 5. The van der Waals surface area contributed by atoms with Crippen LogP contribution in [0.4, 0.5) is 5.95 Å². The number of hydrogen-bond donors (Lipinski definition) is 2. The molecule has 0 atom stereocenters. The molecule has 0 bridgehead atoms. The number of nitrogens with two attached hydrogens (primary N) is 1. The number of nitrogens with zero attached hydrogens (tertiary/aromatic N) is 5. The maximum Gasteiger partial charge on any atom is 0.260 e. The molecule has 1 aliphatic carbocycles. The van der Waals surface area contributed by atoms with E-state index in [1.807, 2.05) is 38.1 Å². The quantitative estimate of drug-likeness (QED) is 0.422. The Bertz CT molecular complexity index is 1440. The highest BCUT2D eigenvalue weighted by atomic mass is 35.5. The molecule has 1 aromatic carbocycles. The van der Waals surface area contributed by atoms with E-state index in [0.29, 0.717) is 40.3 Å². The minimum Gasteiger partial charge on any atom is -0.351 e. The van der Waals surface area contributed by atoms with Crippen molar-refractivity contribution in [2.75, 3.05) is 5.32 Å². The molecule has 0 radical (unpaired) electrons. The number of halogens is 1. The summed E-state index contributed by atoms with van der Waals surface area (Å²) in [4.78, 5) is 31.4. The lowest BCUT2D eigenvalue weighted by molar-refractivity contribution is 0.410. The number of fused-ring (bicyclic) bond motifs is 1. The molecule has 0 amide bonds. The van der Waals surface area contributed by atoms with Crippen molar-refractivity contribution >= 4 is 28.6 Å². The van der Waals surface area contributed by atoms with Gasteiger partial charge in [0.1, 0.15) is 5.65 Å². The van der Waals surface area contributed by atoms with E-state index >= 15 is 0 Å². The van der Waals surface area contributed by atoms with Gasteiger partial charge in [0.15, 0.2) is 0 Å². The normalized spacial score (nSPS) is 18.1. The SMILES string of the molecule is CCn1c(=O)c(-c2ccc(-c3nccnc3C)cc2Cl)cc2cnc(N[C@H]3CC[C@H](N)CC3)nc21. The fourth-order valence-corrected chi connectivity index (χ4v) is 5.02. The standard InChI is InChI=1S/C26H28ClN7O/c1-3-34-24-17(14-31-26(33-24)32-19-7-5-18(28)6-8-19)12-21(25(34)35)20-9-4-16(13-22(20)27)23-15(2)29-10-11-30-23/h4,9-14,18-19H,3,5-8,28H2,1-2H3,(H,31,32,33)/t18-,19-. The third kappa shape index (κ3) is 4.63. The summed E-state index contributed by atoms with van der Waals surface area (Å²) in [6.07, 6.45) is 9.04. The lowest BCUT2D eigenvalue weighted by atomic mass is 9.92. The molecule has 4 aromatic rings. The van der Waals surface area contributed by atoms with Crippen LogP contribution in [0, 0.1) is 6.92 Å². The van der Waals surface area contributed by atoms with Gasteiger partial charge in [-0.2, -0.15) is 4.98 Å². The van der Waals surface area contributed by atoms with Crippen LogP contribution in [0.15, 0.2) is 47.7 Å². The molecule has 8 nitrogen and oxygen atoms in total. The van der Waals surface area contributed by atoms with Gasteiger partial charge in [-0.1, -0.05) is 23.7 Å². The van der Waals surface area contributed by atoms with Crippen molar-refractivity contribution < 1.29 is 0 Å². The Balaban J connectivity index is 1.52. The highest BCUT2D eigenvalue weighted by Crippen LogP contribution is 2.32. The lowest BCUT2D eigenvalue weighted by Crippen LogP contribution is -2.33. The van der Waals surface area contributed by atoms with Crippen LogP contribution >= 0.6 is 11.6 Å². The highest BCUT2D eigenvalue weighted by molar-refractivity contribution is 6.33. The molecule has 3 aromatic heterocycles. The molecule has 0 aliphatic heterocycles. The molecule has 9 heteroatoms. The maximum absolute atomic E-state index is 13.5. The van der Waals surface area contributed by atoms with Gasteiger partial charge in [0.25, 0.3) is 5.56 Å². The van der Waals surface area contributed by atoms with Crippen molar-refractivity contribution in [3.8, 4) is 22.4 Å². The number of aryl methyl sites for hydroxylation is 2. The van der Waals surface area contributed by atoms with E-state index in [4.69, 9.17) is 22.3 Å². The van der Waals surface area contributed by atoms with Crippen molar-refractivity contribution in [3.63, 3.8) is 0 Å². The van der Waals surface area contributed by atoms with Gasteiger partial charge in [0, 0.05) is 64.3 Å². The Kier molecular flexibility index (Phi) is 6.49. The van der Waals surface area contributed by atoms with E-state index in [9.17, 15) is 4.79 Å². The Morgan fingerprint density at radius 3 is 2.57 bits per heavy atom. The Morgan fingerprint density at radius 1 is 1.09 bits per heavy atom. The molecular formula is C26H28ClN7O. The molecular weight excluding hydrogens is 462 g/mol. The molecule has 0 saturated heterocycles. The lowest BCUT2D eigenvalue weighted by Gasteiger charge is -2.26. The summed E-state index contributed by atoms with van der Waals surface area (Å²) in [7, 11) is 0. The van der Waals surface area contributed by atoms with Crippen LogP contribution in [0.2, 0.25) is 5.02 Å². The van der Waals surface area contributed by atoms with Crippen molar-refractivity contribution in [1.29, 1.82) is 0 Å². The largest absolute Gasteiger partial charge is 0.351 e. The average molecular weight is 490 g/mol. The first-order chi connectivity index (χ1) is 16.9. The zero-order valence-electron chi connectivity index (χ0n) is 19.8. The Hall–Kier alpha value is -3.36. The Labute approximate surface area is 208 Å². The van der Waals surface area contributed by atoms with Gasteiger partial charge in [-0.15, -0.1) is 0 Å². The summed E-state index contributed by atoms with van der Waals surface area (Å²) >= 11 is 6.68. The molecule has 1 fully saturated rings. The second kappa shape index (κ2) is 9.71. The van der Waals surface area contributed by atoms with E-state index in [1.165, 1.54) is 0 Å². The summed E-state index contributed by atoms with van der Waals surface area (Å²) < 4.78 is 1.67. The van der Waals surface area contributed by atoms with Gasteiger partial charge in [-0.25, -0.2) is 4.98 Å². The third-order valence-corrected chi connectivity index (χ3v) is 6.97. The molecule has 0 unspecified atom stereocenters. The smallest absolute Gasteiger partial charge is 0.260 e. The van der Waals surface area contributed by atoms with Crippen LogP contribution < -0.4 is 16.6 Å². The van der Waals surface area contributed by atoms with Gasteiger partial charge in [0.05, 0.1) is 11.4 Å². The molecule has 5 rings (SSSR count). The highest BCUT2D eigenvalue weighted by Gasteiger charge is 2.20. The minimum atomic E-state index is -0.140. The number of rotatable bonds is 5. The predicted octanol–water partition coefficient (Wildman–Crippen LogP) is 4.58. The van der Waals surface area contributed by atoms with E-state index in [0.717, 1.165) is 48.0 Å². The third-order valence-electron chi connectivity index (χ3n) is 6.66. The maximum atomic E-state index is 13.5. The number of benzene rings is 1. The molecule has 1 saturated carbocycles. The number of pyridine rings is 1. The monoisotopic (exact) mass is 489 g/mol. The first-order valence-electron chi connectivity index (χ1n) is 11.9. The average Bonchev–Trinajstić information content (AvgIpc) is 2.86. The summed E-state index contributed by atoms with van der Waals surface area (Å²) in [5.74, 6) is 0.536. The van der Waals surface area contributed by atoms with Gasteiger partial charge in [0.2, 0.25) is 5.95 Å². The molecule has 180 valence electrons. The second-order valence-electron chi connectivity index (χ2n) is 9.02.